The van der Waals surface area contributed by atoms with Crippen molar-refractivity contribution in [3.8, 4) is 0 Å². The molecule has 1 aliphatic rings. The molecule has 1 aromatic heterocycles. The molecule has 9 nitrogen and oxygen atoms in total. The van der Waals surface area contributed by atoms with Gasteiger partial charge in [0.05, 0.1) is 5.92 Å². The largest absolute Gasteiger partial charge is 0.383 e. The van der Waals surface area contributed by atoms with Crippen LogP contribution in [-0.2, 0) is 22.7 Å². The van der Waals surface area contributed by atoms with E-state index in [4.69, 9.17) is 5.73 Å². The number of aromatic amines is 1. The van der Waals surface area contributed by atoms with Crippen molar-refractivity contribution in [3.05, 3.63) is 56.7 Å². The van der Waals surface area contributed by atoms with Gasteiger partial charge in [-0.25, -0.2) is 4.79 Å². The van der Waals surface area contributed by atoms with Crippen LogP contribution in [0.5, 0.6) is 0 Å². The number of amides is 2. The number of nitrogens with two attached hydrogens (primary N) is 1. The van der Waals surface area contributed by atoms with Gasteiger partial charge in [-0.1, -0.05) is 57.5 Å². The summed E-state index contributed by atoms with van der Waals surface area (Å²) >= 11 is 0. The molecule has 1 atom stereocenters. The first-order chi connectivity index (χ1) is 15.7. The second-order valence-corrected chi connectivity index (χ2v) is 9.00. The highest BCUT2D eigenvalue weighted by Gasteiger charge is 2.38. The number of nitrogens with one attached hydrogen (secondary N) is 1. The fraction of sp³-hybridized carbons (Fsp3) is 0.500. The third-order valence-electron chi connectivity index (χ3n) is 5.81. The molecule has 3 N–H and O–H groups in total. The number of carbonyl (C=O) groups is 2. The van der Waals surface area contributed by atoms with Gasteiger partial charge >= 0.3 is 5.69 Å². The van der Waals surface area contributed by atoms with Gasteiger partial charge in [0.2, 0.25) is 11.8 Å². The van der Waals surface area contributed by atoms with E-state index in [0.717, 1.165) is 12.0 Å². The van der Waals surface area contributed by atoms with Crippen LogP contribution in [0.3, 0.4) is 0 Å². The van der Waals surface area contributed by atoms with Crippen molar-refractivity contribution in [3.63, 3.8) is 0 Å². The van der Waals surface area contributed by atoms with E-state index in [0.29, 0.717) is 19.5 Å². The second-order valence-electron chi connectivity index (χ2n) is 9.00. The monoisotopic (exact) mass is 455 g/mol. The van der Waals surface area contributed by atoms with Crippen LogP contribution in [0.25, 0.3) is 0 Å². The lowest BCUT2D eigenvalue weighted by Crippen LogP contribution is -2.45. The Labute approximate surface area is 193 Å². The van der Waals surface area contributed by atoms with Crippen molar-refractivity contribution in [1.29, 1.82) is 0 Å². The molecule has 178 valence electrons. The number of rotatable bonds is 9. The highest BCUT2D eigenvalue weighted by molar-refractivity contribution is 6.00. The van der Waals surface area contributed by atoms with Crippen LogP contribution in [-0.4, -0.2) is 39.4 Å². The number of aromatic nitrogens is 2. The van der Waals surface area contributed by atoms with Gasteiger partial charge in [-0.15, -0.1) is 0 Å². The van der Waals surface area contributed by atoms with Crippen LogP contribution in [0.1, 0.15) is 45.6 Å². The molecule has 0 saturated carbocycles. The molecule has 0 unspecified atom stereocenters. The van der Waals surface area contributed by atoms with Crippen molar-refractivity contribution < 1.29 is 9.59 Å². The minimum atomic E-state index is -0.690. The number of hydrogen-bond donors (Lipinski definition) is 2. The molecule has 2 aromatic rings. The number of likely N-dealkylation sites (tertiary alicyclic amines) is 1. The number of unbranched alkanes of at least 4 members (excludes halogenated alkanes) is 1. The molecule has 1 saturated heterocycles. The predicted octanol–water partition coefficient (Wildman–Crippen LogP) is 1.96. The van der Waals surface area contributed by atoms with Gasteiger partial charge in [0.25, 0.3) is 5.56 Å². The van der Waals surface area contributed by atoms with Crippen molar-refractivity contribution in [2.75, 3.05) is 23.7 Å². The van der Waals surface area contributed by atoms with Crippen molar-refractivity contribution in [2.45, 2.75) is 53.1 Å². The van der Waals surface area contributed by atoms with Crippen LogP contribution in [0.2, 0.25) is 0 Å². The molecule has 9 heteroatoms. The van der Waals surface area contributed by atoms with Crippen LogP contribution >= 0.6 is 0 Å². The Morgan fingerprint density at radius 2 is 1.91 bits per heavy atom. The minimum absolute atomic E-state index is 0.0154. The summed E-state index contributed by atoms with van der Waals surface area (Å²) in [7, 11) is 0. The zero-order valence-corrected chi connectivity index (χ0v) is 19.5. The molecule has 2 amide bonds. The van der Waals surface area contributed by atoms with Gasteiger partial charge < -0.3 is 15.5 Å². The van der Waals surface area contributed by atoms with E-state index in [1.807, 2.05) is 51.1 Å². The Morgan fingerprint density at radius 1 is 1.21 bits per heavy atom. The lowest BCUT2D eigenvalue weighted by Gasteiger charge is -2.28. The lowest BCUT2D eigenvalue weighted by atomic mass is 10.1. The number of anilines is 2. The third kappa shape index (κ3) is 5.53. The average molecular weight is 456 g/mol. The summed E-state index contributed by atoms with van der Waals surface area (Å²) in [5, 5.41) is 0. The van der Waals surface area contributed by atoms with Gasteiger partial charge in [0.1, 0.15) is 5.82 Å². The number of nitrogen functional groups attached to an aromatic ring is 1. The van der Waals surface area contributed by atoms with Gasteiger partial charge in [-0.3, -0.25) is 23.9 Å². The van der Waals surface area contributed by atoms with Gasteiger partial charge in [0.15, 0.2) is 5.69 Å². The van der Waals surface area contributed by atoms with Crippen molar-refractivity contribution >= 4 is 23.3 Å². The number of nitrogens with zero attached hydrogens (tertiary/aromatic N) is 3. The molecular formula is C24H33N5O4. The second kappa shape index (κ2) is 10.5. The zero-order valence-electron chi connectivity index (χ0n) is 19.5. The molecule has 33 heavy (non-hydrogen) atoms. The first-order valence-corrected chi connectivity index (χ1v) is 11.5. The Bertz CT molecular complexity index is 1110. The van der Waals surface area contributed by atoms with E-state index in [1.165, 1.54) is 9.47 Å². The maximum atomic E-state index is 13.6. The summed E-state index contributed by atoms with van der Waals surface area (Å²) in [6, 6.07) is 9.60. The van der Waals surface area contributed by atoms with E-state index in [-0.39, 0.29) is 48.7 Å². The first kappa shape index (κ1) is 24.3. The Balaban J connectivity index is 1.91. The van der Waals surface area contributed by atoms with Crippen LogP contribution in [0.4, 0.5) is 11.5 Å². The standard InChI is InChI=1S/C24H33N5O4/c1-4-5-11-28-21(25)20(22(31)26-24(28)33)29(13-16(2)3)23(32)18-12-19(30)27(15-18)14-17-9-7-6-8-10-17/h6-10,16,18H,4-5,11-15,25H2,1-3H3,(H,26,31,33)/t18-/m1/s1. The normalized spacial score (nSPS) is 15.9. The summed E-state index contributed by atoms with van der Waals surface area (Å²) in [5.41, 5.74) is 5.96. The van der Waals surface area contributed by atoms with E-state index in [9.17, 15) is 19.2 Å². The molecule has 0 aliphatic carbocycles. The topological polar surface area (TPSA) is 121 Å². The molecule has 0 radical (unpaired) electrons. The van der Waals surface area contributed by atoms with E-state index in [2.05, 4.69) is 4.98 Å². The summed E-state index contributed by atoms with van der Waals surface area (Å²) < 4.78 is 1.31. The highest BCUT2D eigenvalue weighted by atomic mass is 16.2. The quantitative estimate of drug-likeness (QED) is 0.599. The van der Waals surface area contributed by atoms with Crippen molar-refractivity contribution in [2.24, 2.45) is 11.8 Å². The lowest BCUT2D eigenvalue weighted by molar-refractivity contribution is -0.128. The fourth-order valence-corrected chi connectivity index (χ4v) is 4.15. The van der Waals surface area contributed by atoms with Crippen molar-refractivity contribution in [1.82, 2.24) is 14.5 Å². The smallest absolute Gasteiger partial charge is 0.330 e. The SMILES string of the molecule is CCCCn1c(N)c(N(CC(C)C)C(=O)[C@@H]2CC(=O)N(Cc3ccccc3)C2)c(=O)[nH]c1=O. The minimum Gasteiger partial charge on any atom is -0.383 e. The molecule has 1 aromatic carbocycles. The predicted molar refractivity (Wildman–Crippen MR) is 128 cm³/mol. The summed E-state index contributed by atoms with van der Waals surface area (Å²) in [6.07, 6.45) is 1.63. The number of H-pyrrole nitrogens is 1. The van der Waals surface area contributed by atoms with E-state index < -0.39 is 17.2 Å². The van der Waals surface area contributed by atoms with E-state index >= 15 is 0 Å². The summed E-state index contributed by atoms with van der Waals surface area (Å²) in [6.45, 7) is 7.15. The fourth-order valence-electron chi connectivity index (χ4n) is 4.15. The molecule has 1 fully saturated rings. The number of carbonyl (C=O) groups excluding carboxylic acids is 2. The van der Waals surface area contributed by atoms with Gasteiger partial charge in [0, 0.05) is 32.6 Å². The van der Waals surface area contributed by atoms with Gasteiger partial charge in [-0.05, 0) is 17.9 Å². The maximum absolute atomic E-state index is 13.6. The summed E-state index contributed by atoms with van der Waals surface area (Å²) in [4.78, 5) is 56.7. The number of hydrogen-bond acceptors (Lipinski definition) is 5. The first-order valence-electron chi connectivity index (χ1n) is 11.5. The Kier molecular flexibility index (Phi) is 7.73. The van der Waals surface area contributed by atoms with Crippen LogP contribution in [0.15, 0.2) is 39.9 Å². The molecule has 3 rings (SSSR count). The third-order valence-corrected chi connectivity index (χ3v) is 5.81. The zero-order chi connectivity index (χ0) is 24.1. The molecule has 0 bridgehead atoms. The van der Waals surface area contributed by atoms with Crippen LogP contribution in [0, 0.1) is 11.8 Å². The molecular weight excluding hydrogens is 422 g/mol. The number of benzene rings is 1. The Hall–Kier alpha value is -3.36. The average Bonchev–Trinajstić information content (AvgIpc) is 3.13. The maximum Gasteiger partial charge on any atom is 0.330 e. The molecule has 0 spiro atoms. The van der Waals surface area contributed by atoms with Gasteiger partial charge in [-0.2, -0.15) is 0 Å². The van der Waals surface area contributed by atoms with Crippen LogP contribution < -0.4 is 21.9 Å². The highest BCUT2D eigenvalue weighted by Crippen LogP contribution is 2.26. The molecule has 1 aliphatic heterocycles. The molecule has 2 heterocycles. The van der Waals surface area contributed by atoms with E-state index in [1.54, 1.807) is 4.90 Å². The Morgan fingerprint density at radius 3 is 2.55 bits per heavy atom. The summed E-state index contributed by atoms with van der Waals surface area (Å²) in [5.74, 6) is -0.991.